The number of rotatable bonds is 41. The monoisotopic (exact) mass is 852 g/mol. The van der Waals surface area contributed by atoms with E-state index >= 15 is 0 Å². The molecule has 0 heterocycles. The van der Waals surface area contributed by atoms with Gasteiger partial charge in [0.1, 0.15) is 19.8 Å². The van der Waals surface area contributed by atoms with Gasteiger partial charge in [0, 0.05) is 12.8 Å². The van der Waals surface area contributed by atoms with Crippen LogP contribution in [0.25, 0.3) is 0 Å². The first-order valence-electron chi connectivity index (χ1n) is 23.1. The lowest BCUT2D eigenvalue weighted by Crippen LogP contribution is -2.37. The molecular formula is C48H86NO9P. The molecule has 3 atom stereocenters. The number of aliphatic hydroxyl groups is 1. The van der Waals surface area contributed by atoms with Crippen molar-refractivity contribution in [1.82, 2.24) is 0 Å². The average Bonchev–Trinajstić information content (AvgIpc) is 3.18. The summed E-state index contributed by atoms with van der Waals surface area (Å²) in [5.74, 6) is -0.919. The summed E-state index contributed by atoms with van der Waals surface area (Å²) >= 11 is 0. The Morgan fingerprint density at radius 2 is 1.19 bits per heavy atom. The van der Waals surface area contributed by atoms with E-state index in [1.165, 1.54) is 57.8 Å². The quantitative estimate of drug-likeness (QED) is 0.0159. The highest BCUT2D eigenvalue weighted by Crippen LogP contribution is 2.38. The standard InChI is InChI=1S/C48H86NO9P/c1-6-8-10-12-14-15-16-17-18-19-20-21-22-23-24-25-27-31-35-39-47(51)55-43-46(44-57-59(53,54)56-42-41-49(3,4)5)58-48(52)40-36-32-28-30-34-38-45(50)37-33-29-26-13-11-9-7-2/h9,11,14-15,17-18,26,29,33,37,45-46,50H,6-8,10,12-13,16,19-25,27-28,30-32,34-36,38-44H2,1-5H3/b11-9+,15-14-,18-17-,29-26+,37-33+/t45?,46-/m1/s1. The number of allylic oxidation sites excluding steroid dienone is 9. The normalized spacial score (nSPS) is 14.6. The van der Waals surface area contributed by atoms with Gasteiger partial charge in [-0.3, -0.25) is 14.2 Å². The molecule has 11 heteroatoms. The fourth-order valence-corrected chi connectivity index (χ4v) is 6.71. The Morgan fingerprint density at radius 3 is 1.80 bits per heavy atom. The Morgan fingerprint density at radius 1 is 0.644 bits per heavy atom. The number of aliphatic hydroxyl groups excluding tert-OH is 1. The SMILES string of the molecule is CC/C=C/C/C=C/C=C/C(O)CCCCCCCC(=O)O[C@H](COC(=O)CCCCCCCCCCC/C=C\C/C=C\CCCCC)COP(=O)([O-])OCC[N+](C)(C)C. The van der Waals surface area contributed by atoms with E-state index in [0.717, 1.165) is 70.6 Å². The fraction of sp³-hybridized carbons (Fsp3) is 0.750. The van der Waals surface area contributed by atoms with Crippen molar-refractivity contribution < 1.29 is 47.2 Å². The summed E-state index contributed by atoms with van der Waals surface area (Å²) in [5.41, 5.74) is 0. The largest absolute Gasteiger partial charge is 0.756 e. The average molecular weight is 852 g/mol. The zero-order valence-corrected chi connectivity index (χ0v) is 38.9. The van der Waals surface area contributed by atoms with Crippen molar-refractivity contribution in [3.8, 4) is 0 Å². The van der Waals surface area contributed by atoms with Crippen molar-refractivity contribution in [3.05, 3.63) is 60.8 Å². The fourth-order valence-electron chi connectivity index (χ4n) is 5.99. The number of phosphoric acid groups is 1. The van der Waals surface area contributed by atoms with Gasteiger partial charge < -0.3 is 33.0 Å². The van der Waals surface area contributed by atoms with E-state index in [0.29, 0.717) is 30.3 Å². The number of ether oxygens (including phenoxy) is 2. The number of unbranched alkanes of at least 4 members (excludes halogenated alkanes) is 16. The smallest absolute Gasteiger partial charge is 0.306 e. The number of esters is 2. The Labute approximate surface area is 360 Å². The first-order valence-corrected chi connectivity index (χ1v) is 24.6. The number of hydrogen-bond donors (Lipinski definition) is 1. The number of likely N-dealkylation sites (N-methyl/N-ethyl adjacent to an activating group) is 1. The van der Waals surface area contributed by atoms with Gasteiger partial charge in [0.25, 0.3) is 7.82 Å². The van der Waals surface area contributed by atoms with Gasteiger partial charge in [-0.25, -0.2) is 0 Å². The van der Waals surface area contributed by atoms with E-state index in [9.17, 15) is 24.2 Å². The molecule has 0 saturated heterocycles. The molecule has 0 spiro atoms. The van der Waals surface area contributed by atoms with E-state index < -0.39 is 38.6 Å². The maximum Gasteiger partial charge on any atom is 0.306 e. The zero-order valence-electron chi connectivity index (χ0n) is 38.0. The maximum atomic E-state index is 12.7. The third-order valence-electron chi connectivity index (χ3n) is 9.63. The lowest BCUT2D eigenvalue weighted by molar-refractivity contribution is -0.870. The molecule has 0 fully saturated rings. The third kappa shape index (κ3) is 43.6. The molecule has 0 aliphatic heterocycles. The Bertz CT molecular complexity index is 1210. The molecule has 0 amide bonds. The van der Waals surface area contributed by atoms with Crippen LogP contribution in [-0.2, 0) is 32.7 Å². The van der Waals surface area contributed by atoms with Crippen molar-refractivity contribution in [3.63, 3.8) is 0 Å². The van der Waals surface area contributed by atoms with E-state index in [1.54, 1.807) is 6.08 Å². The number of quaternary nitrogens is 1. The highest BCUT2D eigenvalue weighted by atomic mass is 31.2. The second-order valence-corrected chi connectivity index (χ2v) is 18.0. The molecule has 342 valence electrons. The summed E-state index contributed by atoms with van der Waals surface area (Å²) in [7, 11) is 1.09. The van der Waals surface area contributed by atoms with Gasteiger partial charge in [-0.2, -0.15) is 0 Å². The van der Waals surface area contributed by atoms with Crippen molar-refractivity contribution in [2.24, 2.45) is 0 Å². The summed E-state index contributed by atoms with van der Waals surface area (Å²) in [6.45, 7) is 3.95. The molecule has 0 aromatic rings. The van der Waals surface area contributed by atoms with Crippen LogP contribution in [0.3, 0.4) is 0 Å². The first-order chi connectivity index (χ1) is 28.4. The van der Waals surface area contributed by atoms with Crippen molar-refractivity contribution >= 4 is 19.8 Å². The topological polar surface area (TPSA) is 131 Å². The molecular weight excluding hydrogens is 766 g/mol. The van der Waals surface area contributed by atoms with Crippen LogP contribution >= 0.6 is 7.82 Å². The number of hydrogen-bond acceptors (Lipinski definition) is 9. The highest BCUT2D eigenvalue weighted by molar-refractivity contribution is 7.45. The van der Waals surface area contributed by atoms with Gasteiger partial charge in [-0.15, -0.1) is 0 Å². The molecule has 0 aliphatic rings. The summed E-state index contributed by atoms with van der Waals surface area (Å²) in [5, 5.41) is 10.2. The van der Waals surface area contributed by atoms with Gasteiger partial charge in [-0.1, -0.05) is 158 Å². The lowest BCUT2D eigenvalue weighted by Gasteiger charge is -2.28. The number of carbonyl (C=O) groups is 2. The van der Waals surface area contributed by atoms with Crippen molar-refractivity contribution in [2.45, 2.75) is 187 Å². The minimum atomic E-state index is -4.66. The molecule has 2 unspecified atom stereocenters. The molecule has 0 bridgehead atoms. The lowest BCUT2D eigenvalue weighted by atomic mass is 10.1. The van der Waals surface area contributed by atoms with Gasteiger partial charge in [0.2, 0.25) is 0 Å². The van der Waals surface area contributed by atoms with Crippen LogP contribution in [0.5, 0.6) is 0 Å². The minimum absolute atomic E-state index is 0.0521. The predicted molar refractivity (Wildman–Crippen MR) is 242 cm³/mol. The van der Waals surface area contributed by atoms with E-state index in [2.05, 4.69) is 56.4 Å². The van der Waals surface area contributed by atoms with Gasteiger partial charge in [0.15, 0.2) is 6.10 Å². The number of phosphoric ester groups is 1. The second-order valence-electron chi connectivity index (χ2n) is 16.6. The van der Waals surface area contributed by atoms with E-state index in [-0.39, 0.29) is 26.1 Å². The molecule has 0 saturated carbocycles. The van der Waals surface area contributed by atoms with Crippen LogP contribution in [0.4, 0.5) is 0 Å². The van der Waals surface area contributed by atoms with Crippen LogP contribution in [0.15, 0.2) is 60.8 Å². The van der Waals surface area contributed by atoms with Crippen LogP contribution < -0.4 is 4.89 Å². The van der Waals surface area contributed by atoms with Crippen molar-refractivity contribution in [2.75, 3.05) is 47.5 Å². The van der Waals surface area contributed by atoms with Gasteiger partial charge >= 0.3 is 11.9 Å². The maximum absolute atomic E-state index is 12.7. The molecule has 10 nitrogen and oxygen atoms in total. The summed E-state index contributed by atoms with van der Waals surface area (Å²) in [6, 6.07) is 0. The van der Waals surface area contributed by atoms with Crippen LogP contribution in [0.1, 0.15) is 174 Å². The molecule has 0 aliphatic carbocycles. The summed E-state index contributed by atoms with van der Waals surface area (Å²) in [6.07, 6.45) is 44.1. The highest BCUT2D eigenvalue weighted by Gasteiger charge is 2.21. The summed E-state index contributed by atoms with van der Waals surface area (Å²) in [4.78, 5) is 37.6. The van der Waals surface area contributed by atoms with Crippen molar-refractivity contribution in [1.29, 1.82) is 0 Å². The second kappa shape index (κ2) is 39.8. The molecule has 0 radical (unpaired) electrons. The molecule has 59 heavy (non-hydrogen) atoms. The molecule has 0 rings (SSSR count). The van der Waals surface area contributed by atoms with Crippen LogP contribution in [0.2, 0.25) is 0 Å². The van der Waals surface area contributed by atoms with Gasteiger partial charge in [0.05, 0.1) is 33.9 Å². The Kier molecular flexibility index (Phi) is 38.2. The molecule has 0 aromatic heterocycles. The van der Waals surface area contributed by atoms with E-state index in [4.69, 9.17) is 18.5 Å². The minimum Gasteiger partial charge on any atom is -0.756 e. The summed E-state index contributed by atoms with van der Waals surface area (Å²) < 4.78 is 33.9. The molecule has 1 N–H and O–H groups in total. The third-order valence-corrected chi connectivity index (χ3v) is 10.6. The predicted octanol–water partition coefficient (Wildman–Crippen LogP) is 11.6. The number of nitrogens with zero attached hydrogens (tertiary/aromatic N) is 1. The van der Waals surface area contributed by atoms with Crippen LogP contribution in [0, 0.1) is 0 Å². The Balaban J connectivity index is 4.40. The van der Waals surface area contributed by atoms with Gasteiger partial charge in [-0.05, 0) is 64.2 Å². The number of carbonyl (C=O) groups excluding carboxylic acids is 2. The zero-order chi connectivity index (χ0) is 43.7. The Hall–Kier alpha value is -2.33. The first kappa shape index (κ1) is 56.7. The van der Waals surface area contributed by atoms with Crippen LogP contribution in [-0.4, -0.2) is 81.2 Å². The van der Waals surface area contributed by atoms with E-state index in [1.807, 2.05) is 33.3 Å². The molecule has 0 aromatic carbocycles.